The van der Waals surface area contributed by atoms with Crippen molar-refractivity contribution >= 4 is 29.5 Å². The Morgan fingerprint density at radius 1 is 1.28 bits per heavy atom. The number of hydrogen-bond donors (Lipinski definition) is 1. The van der Waals surface area contributed by atoms with Crippen molar-refractivity contribution in [3.8, 4) is 0 Å². The molecule has 0 aromatic heterocycles. The number of ether oxygens (including phenoxy) is 1. The van der Waals surface area contributed by atoms with Crippen LogP contribution in [0.1, 0.15) is 44.7 Å². The average Bonchev–Trinajstić information content (AvgIpc) is 3.51. The predicted molar refractivity (Wildman–Crippen MR) is 140 cm³/mol. The molecule has 1 N–H and O–H groups in total. The number of amides is 2. The van der Waals surface area contributed by atoms with Crippen molar-refractivity contribution in [2.75, 3.05) is 19.8 Å². The first-order valence-electron chi connectivity index (χ1n) is 12.7. The Morgan fingerprint density at radius 3 is 2.61 bits per heavy atom. The van der Waals surface area contributed by atoms with Gasteiger partial charge in [-0.1, -0.05) is 42.5 Å². The smallest absolute Gasteiger partial charge is 0.310 e. The lowest BCUT2D eigenvalue weighted by Gasteiger charge is -2.40. The normalized spacial score (nSPS) is 29.2. The number of thioether (sulfide) groups is 1. The fourth-order valence-electron chi connectivity index (χ4n) is 6.19. The summed E-state index contributed by atoms with van der Waals surface area (Å²) >= 11 is 1.60. The Bertz CT molecular complexity index is 1010. The fraction of sp³-hybridized carbons (Fsp3) is 0.536. The van der Waals surface area contributed by atoms with Gasteiger partial charge in [0.05, 0.1) is 35.8 Å². The predicted octanol–water partition coefficient (Wildman–Crippen LogP) is 3.35. The van der Waals surface area contributed by atoms with E-state index in [1.54, 1.807) is 33.7 Å². The second-order valence-corrected chi connectivity index (χ2v) is 11.6. The minimum atomic E-state index is -0.796. The van der Waals surface area contributed by atoms with Gasteiger partial charge >= 0.3 is 5.97 Å². The lowest BCUT2D eigenvalue weighted by molar-refractivity contribution is -0.154. The number of fused-ring (bicyclic) bond motifs is 1. The van der Waals surface area contributed by atoms with Crippen LogP contribution in [0, 0.1) is 11.8 Å². The molecule has 2 amide bonds. The van der Waals surface area contributed by atoms with E-state index in [1.807, 2.05) is 44.2 Å². The van der Waals surface area contributed by atoms with E-state index in [0.717, 1.165) is 12.0 Å². The number of esters is 1. The van der Waals surface area contributed by atoms with Crippen LogP contribution >= 0.6 is 11.8 Å². The molecule has 3 aliphatic rings. The van der Waals surface area contributed by atoms with Gasteiger partial charge in [0.1, 0.15) is 6.04 Å². The Labute approximate surface area is 217 Å². The van der Waals surface area contributed by atoms with Gasteiger partial charge in [0.15, 0.2) is 0 Å². The number of hydrogen-bond acceptors (Lipinski definition) is 6. The van der Waals surface area contributed by atoms with Gasteiger partial charge in [-0.25, -0.2) is 0 Å². The zero-order valence-corrected chi connectivity index (χ0v) is 21.9. The standard InChI is InChI=1S/C28H36N2O5S/c1-5-7-16-35-27(34)22-21-13-14-28(36-21)23(22)25(32)30(20(17-31)19-11-9-8-10-12-19)24(28)26(33)29(15-6-2)18(3)4/h5-6,8-12,18,20-24,31H,1-2,7,13-17H2,3-4H3/t20-,21-,22+,23+,24?,28?/m1/s1. The molecule has 2 unspecified atom stereocenters. The van der Waals surface area contributed by atoms with Crippen molar-refractivity contribution in [2.45, 2.75) is 61.2 Å². The molecule has 8 heteroatoms. The van der Waals surface area contributed by atoms with Gasteiger partial charge < -0.3 is 19.6 Å². The van der Waals surface area contributed by atoms with Gasteiger partial charge in [-0.15, -0.1) is 24.9 Å². The molecule has 0 radical (unpaired) electrons. The van der Waals surface area contributed by atoms with Gasteiger partial charge in [-0.3, -0.25) is 14.4 Å². The quantitative estimate of drug-likeness (QED) is 0.278. The van der Waals surface area contributed by atoms with Crippen LogP contribution in [0.5, 0.6) is 0 Å². The lowest BCUT2D eigenvalue weighted by Crippen LogP contribution is -2.57. The van der Waals surface area contributed by atoms with E-state index in [2.05, 4.69) is 13.2 Å². The maximum Gasteiger partial charge on any atom is 0.310 e. The lowest BCUT2D eigenvalue weighted by atomic mass is 9.71. The van der Waals surface area contributed by atoms with Crippen LogP contribution in [0.3, 0.4) is 0 Å². The molecule has 2 bridgehead atoms. The molecule has 0 saturated carbocycles. The van der Waals surface area contributed by atoms with Crippen molar-refractivity contribution < 1.29 is 24.2 Å². The highest BCUT2D eigenvalue weighted by Gasteiger charge is 2.75. The Kier molecular flexibility index (Phi) is 7.95. The van der Waals surface area contributed by atoms with Crippen LogP contribution in [-0.2, 0) is 19.1 Å². The van der Waals surface area contributed by atoms with Gasteiger partial charge in [-0.05, 0) is 38.7 Å². The van der Waals surface area contributed by atoms with Crippen LogP contribution < -0.4 is 0 Å². The first-order valence-corrected chi connectivity index (χ1v) is 13.5. The number of carbonyl (C=O) groups excluding carboxylic acids is 3. The summed E-state index contributed by atoms with van der Waals surface area (Å²) in [6.45, 7) is 11.6. The van der Waals surface area contributed by atoms with Crippen LogP contribution in [0.25, 0.3) is 0 Å². The molecule has 6 atom stereocenters. The molecular formula is C28H36N2O5S. The third-order valence-corrected chi connectivity index (χ3v) is 9.69. The summed E-state index contributed by atoms with van der Waals surface area (Å²) in [6.07, 6.45) is 5.32. The summed E-state index contributed by atoms with van der Waals surface area (Å²) in [4.78, 5) is 45.1. The Morgan fingerprint density at radius 2 is 2.00 bits per heavy atom. The van der Waals surface area contributed by atoms with E-state index in [-0.39, 0.29) is 42.3 Å². The van der Waals surface area contributed by atoms with Gasteiger partial charge in [-0.2, -0.15) is 0 Å². The molecule has 3 fully saturated rings. The SMILES string of the molecule is C=CCCOC(=O)[C@@H]1[C@H]2C(=O)N([C@H](CO)c3ccccc3)C(C(=O)N(CC=C)C(C)C)C23CC[C@H]1S3. The molecule has 4 rings (SSSR count). The minimum Gasteiger partial charge on any atom is -0.465 e. The Balaban J connectivity index is 1.79. The van der Waals surface area contributed by atoms with Crippen molar-refractivity contribution in [1.82, 2.24) is 9.80 Å². The van der Waals surface area contributed by atoms with E-state index >= 15 is 0 Å². The minimum absolute atomic E-state index is 0.0659. The van der Waals surface area contributed by atoms with Crippen LogP contribution in [-0.4, -0.2) is 74.5 Å². The molecule has 0 aliphatic carbocycles. The molecule has 3 heterocycles. The van der Waals surface area contributed by atoms with Gasteiger partial charge in [0.25, 0.3) is 0 Å². The monoisotopic (exact) mass is 512 g/mol. The topological polar surface area (TPSA) is 87.1 Å². The number of carbonyl (C=O) groups is 3. The molecule has 1 spiro atoms. The number of aliphatic hydroxyl groups excluding tert-OH is 1. The third kappa shape index (κ3) is 4.28. The zero-order chi connectivity index (χ0) is 26.0. The average molecular weight is 513 g/mol. The fourth-order valence-corrected chi connectivity index (χ4v) is 8.38. The summed E-state index contributed by atoms with van der Waals surface area (Å²) in [5, 5.41) is 10.4. The number of nitrogens with zero attached hydrogens (tertiary/aromatic N) is 2. The third-order valence-electron chi connectivity index (χ3n) is 7.74. The number of likely N-dealkylation sites (tertiary alicyclic amines) is 1. The summed E-state index contributed by atoms with van der Waals surface area (Å²) < 4.78 is 4.81. The summed E-state index contributed by atoms with van der Waals surface area (Å²) in [6, 6.07) is 7.71. The molecule has 1 aromatic rings. The number of aliphatic hydroxyl groups is 1. The highest BCUT2D eigenvalue weighted by atomic mass is 32.2. The first kappa shape index (κ1) is 26.5. The summed E-state index contributed by atoms with van der Waals surface area (Å²) in [7, 11) is 0. The van der Waals surface area contributed by atoms with E-state index in [1.165, 1.54) is 0 Å². The number of rotatable bonds is 11. The van der Waals surface area contributed by atoms with Gasteiger partial charge in [0.2, 0.25) is 11.8 Å². The summed E-state index contributed by atoms with van der Waals surface area (Å²) in [5.74, 6) is -2.07. The molecule has 36 heavy (non-hydrogen) atoms. The molecule has 194 valence electrons. The molecular weight excluding hydrogens is 476 g/mol. The maximum absolute atomic E-state index is 14.3. The molecule has 1 aromatic carbocycles. The van der Waals surface area contributed by atoms with Gasteiger partial charge in [0, 0.05) is 17.8 Å². The van der Waals surface area contributed by atoms with Crippen molar-refractivity contribution in [3.05, 3.63) is 61.2 Å². The van der Waals surface area contributed by atoms with E-state index in [4.69, 9.17) is 4.74 Å². The van der Waals surface area contributed by atoms with Crippen molar-refractivity contribution in [3.63, 3.8) is 0 Å². The highest BCUT2D eigenvalue weighted by molar-refractivity contribution is 8.02. The number of benzene rings is 1. The molecule has 7 nitrogen and oxygen atoms in total. The van der Waals surface area contributed by atoms with Crippen LogP contribution in [0.4, 0.5) is 0 Å². The highest BCUT2D eigenvalue weighted by Crippen LogP contribution is 2.67. The zero-order valence-electron chi connectivity index (χ0n) is 21.0. The largest absolute Gasteiger partial charge is 0.465 e. The first-order chi connectivity index (χ1) is 17.3. The summed E-state index contributed by atoms with van der Waals surface area (Å²) in [5.41, 5.74) is 0.756. The molecule has 3 saturated heterocycles. The maximum atomic E-state index is 14.3. The van der Waals surface area contributed by atoms with E-state index in [0.29, 0.717) is 19.4 Å². The van der Waals surface area contributed by atoms with Crippen LogP contribution in [0.15, 0.2) is 55.6 Å². The van der Waals surface area contributed by atoms with Crippen molar-refractivity contribution in [1.29, 1.82) is 0 Å². The van der Waals surface area contributed by atoms with E-state index in [9.17, 15) is 19.5 Å². The second kappa shape index (κ2) is 10.8. The van der Waals surface area contributed by atoms with E-state index < -0.39 is 28.7 Å². The van der Waals surface area contributed by atoms with Crippen LogP contribution in [0.2, 0.25) is 0 Å². The molecule has 3 aliphatic heterocycles. The van der Waals surface area contributed by atoms with Crippen molar-refractivity contribution in [2.24, 2.45) is 11.8 Å². The Hall–Kier alpha value is -2.58. The second-order valence-electron chi connectivity index (χ2n) is 10.0.